The Kier molecular flexibility index (Phi) is 4.55. The summed E-state index contributed by atoms with van der Waals surface area (Å²) in [6.07, 6.45) is 1.00. The number of hydrogen-bond acceptors (Lipinski definition) is 4. The maximum atomic E-state index is 14.9. The lowest BCUT2D eigenvalue weighted by Crippen LogP contribution is -2.63. The van der Waals surface area contributed by atoms with Crippen LogP contribution in [0.4, 0.5) is 14.5 Å². The Labute approximate surface area is 168 Å². The number of hydrogen-bond donors (Lipinski definition) is 2. The topological polar surface area (TPSA) is 88.6 Å². The van der Waals surface area contributed by atoms with E-state index >= 15 is 0 Å². The van der Waals surface area contributed by atoms with Crippen LogP contribution in [0.5, 0.6) is 0 Å². The number of para-hydroxylation sites is 1. The molecule has 2 atom stereocenters. The number of nitrogens with zero attached hydrogens (tertiary/aromatic N) is 2. The van der Waals surface area contributed by atoms with Crippen LogP contribution >= 0.6 is 11.6 Å². The van der Waals surface area contributed by atoms with Crippen molar-refractivity contribution in [2.24, 2.45) is 5.73 Å². The number of anilines is 1. The van der Waals surface area contributed by atoms with Crippen LogP contribution in [0.1, 0.15) is 17.3 Å². The smallest absolute Gasteiger partial charge is 0.341 e. The van der Waals surface area contributed by atoms with Crippen molar-refractivity contribution in [3.05, 3.63) is 69.0 Å². The zero-order valence-electron chi connectivity index (χ0n) is 15.2. The lowest BCUT2D eigenvalue weighted by Gasteiger charge is -2.46. The number of carboxylic acid groups (broad SMARTS) is 1. The molecule has 3 N–H and O–H groups in total. The predicted octanol–water partition coefficient (Wildman–Crippen LogP) is 3.16. The SMILES string of the molecule is C[C@H]1[C@H](N)CN1c1c(F)cc2c(=O)c(C(=O)O)cn(-c3ccccc3F)c2c1Cl. The first-order valence-electron chi connectivity index (χ1n) is 8.80. The number of carbonyl (C=O) groups is 1. The molecule has 6 nitrogen and oxygen atoms in total. The summed E-state index contributed by atoms with van der Waals surface area (Å²) in [6.45, 7) is 2.17. The Morgan fingerprint density at radius 2 is 1.97 bits per heavy atom. The highest BCUT2D eigenvalue weighted by Crippen LogP contribution is 2.40. The average molecular weight is 420 g/mol. The highest BCUT2D eigenvalue weighted by atomic mass is 35.5. The van der Waals surface area contributed by atoms with Crippen LogP contribution in [0.15, 0.2) is 41.3 Å². The molecule has 1 aliphatic rings. The maximum Gasteiger partial charge on any atom is 0.341 e. The first-order chi connectivity index (χ1) is 13.7. The normalized spacial score (nSPS) is 18.7. The highest BCUT2D eigenvalue weighted by molar-refractivity contribution is 6.38. The maximum absolute atomic E-state index is 14.9. The third-order valence-electron chi connectivity index (χ3n) is 5.30. The minimum Gasteiger partial charge on any atom is -0.477 e. The van der Waals surface area contributed by atoms with E-state index in [4.69, 9.17) is 17.3 Å². The number of pyridine rings is 1. The highest BCUT2D eigenvalue weighted by Gasteiger charge is 2.36. The molecule has 1 saturated heterocycles. The molecule has 0 unspecified atom stereocenters. The first-order valence-corrected chi connectivity index (χ1v) is 9.18. The van der Waals surface area contributed by atoms with Gasteiger partial charge in [-0.15, -0.1) is 0 Å². The largest absolute Gasteiger partial charge is 0.477 e. The molecular formula is C20H16ClF2N3O3. The quantitative estimate of drug-likeness (QED) is 0.680. The van der Waals surface area contributed by atoms with Gasteiger partial charge < -0.3 is 20.3 Å². The Morgan fingerprint density at radius 1 is 1.28 bits per heavy atom. The number of rotatable bonds is 3. The molecule has 0 aliphatic carbocycles. The number of benzene rings is 2. The van der Waals surface area contributed by atoms with E-state index in [1.807, 2.05) is 6.92 Å². The van der Waals surface area contributed by atoms with E-state index in [1.54, 1.807) is 11.0 Å². The van der Waals surface area contributed by atoms with Gasteiger partial charge in [-0.25, -0.2) is 13.6 Å². The van der Waals surface area contributed by atoms with Gasteiger partial charge in [0.15, 0.2) is 0 Å². The minimum absolute atomic E-state index is 0.0205. The molecule has 2 heterocycles. The number of aromatic nitrogens is 1. The van der Waals surface area contributed by atoms with Crippen LogP contribution < -0.4 is 16.1 Å². The summed E-state index contributed by atoms with van der Waals surface area (Å²) in [5.41, 5.74) is 4.43. The second-order valence-corrected chi connectivity index (χ2v) is 7.35. The lowest BCUT2D eigenvalue weighted by molar-refractivity contribution is 0.0695. The molecule has 0 bridgehead atoms. The molecule has 9 heteroatoms. The van der Waals surface area contributed by atoms with Crippen molar-refractivity contribution < 1.29 is 18.7 Å². The summed E-state index contributed by atoms with van der Waals surface area (Å²) in [5, 5.41) is 9.03. The molecule has 150 valence electrons. The predicted molar refractivity (Wildman–Crippen MR) is 106 cm³/mol. The molecule has 0 amide bonds. The number of fused-ring (bicyclic) bond motifs is 1. The van der Waals surface area contributed by atoms with Crippen molar-refractivity contribution in [1.29, 1.82) is 0 Å². The van der Waals surface area contributed by atoms with E-state index in [1.165, 1.54) is 22.8 Å². The Morgan fingerprint density at radius 3 is 2.55 bits per heavy atom. The van der Waals surface area contributed by atoms with Crippen molar-refractivity contribution in [3.63, 3.8) is 0 Å². The zero-order chi connectivity index (χ0) is 21.0. The second-order valence-electron chi connectivity index (χ2n) is 6.97. The summed E-state index contributed by atoms with van der Waals surface area (Å²) in [5.74, 6) is -2.94. The number of nitrogens with two attached hydrogens (primary N) is 1. The van der Waals surface area contributed by atoms with Crippen LogP contribution in [0.2, 0.25) is 5.02 Å². The molecule has 0 saturated carbocycles. The molecule has 1 aliphatic heterocycles. The summed E-state index contributed by atoms with van der Waals surface area (Å²) >= 11 is 6.53. The van der Waals surface area contributed by atoms with Gasteiger partial charge >= 0.3 is 5.97 Å². The van der Waals surface area contributed by atoms with Gasteiger partial charge in [0.25, 0.3) is 0 Å². The lowest BCUT2D eigenvalue weighted by atomic mass is 9.97. The fourth-order valence-corrected chi connectivity index (χ4v) is 3.98. The molecule has 0 spiro atoms. The molecule has 1 aromatic heterocycles. The summed E-state index contributed by atoms with van der Waals surface area (Å²) < 4.78 is 30.6. The van der Waals surface area contributed by atoms with Gasteiger partial charge in [0.1, 0.15) is 17.2 Å². The Balaban J connectivity index is 2.13. The zero-order valence-corrected chi connectivity index (χ0v) is 16.0. The van der Waals surface area contributed by atoms with Gasteiger partial charge in [0.05, 0.1) is 27.3 Å². The van der Waals surface area contributed by atoms with Crippen LogP contribution in [-0.4, -0.2) is 34.3 Å². The third kappa shape index (κ3) is 2.87. The third-order valence-corrected chi connectivity index (χ3v) is 5.66. The van der Waals surface area contributed by atoms with Crippen molar-refractivity contribution in [3.8, 4) is 5.69 Å². The fourth-order valence-electron chi connectivity index (χ4n) is 3.59. The van der Waals surface area contributed by atoms with Crippen molar-refractivity contribution in [2.45, 2.75) is 19.0 Å². The Bertz CT molecular complexity index is 1230. The summed E-state index contributed by atoms with van der Waals surface area (Å²) in [4.78, 5) is 25.9. The summed E-state index contributed by atoms with van der Waals surface area (Å²) in [7, 11) is 0. The van der Waals surface area contributed by atoms with Crippen molar-refractivity contribution in [2.75, 3.05) is 11.4 Å². The van der Waals surface area contributed by atoms with Crippen LogP contribution in [0, 0.1) is 11.6 Å². The monoisotopic (exact) mass is 419 g/mol. The molecule has 4 rings (SSSR count). The number of carboxylic acids is 1. The van der Waals surface area contributed by atoms with Gasteiger partial charge in [-0.2, -0.15) is 0 Å². The molecule has 1 fully saturated rings. The van der Waals surface area contributed by atoms with E-state index < -0.39 is 28.6 Å². The van der Waals surface area contributed by atoms with Crippen LogP contribution in [-0.2, 0) is 0 Å². The van der Waals surface area contributed by atoms with E-state index in [-0.39, 0.29) is 39.4 Å². The van der Waals surface area contributed by atoms with E-state index in [2.05, 4.69) is 0 Å². The van der Waals surface area contributed by atoms with Gasteiger partial charge in [-0.05, 0) is 25.1 Å². The van der Waals surface area contributed by atoms with Crippen LogP contribution in [0.3, 0.4) is 0 Å². The van der Waals surface area contributed by atoms with Gasteiger partial charge in [0, 0.05) is 24.8 Å². The Hall–Kier alpha value is -2.97. The van der Waals surface area contributed by atoms with E-state index in [0.29, 0.717) is 6.54 Å². The van der Waals surface area contributed by atoms with E-state index in [9.17, 15) is 23.5 Å². The second kappa shape index (κ2) is 6.82. The summed E-state index contributed by atoms with van der Waals surface area (Å²) in [6, 6.07) is 6.21. The number of aromatic carboxylic acids is 1. The minimum atomic E-state index is -1.51. The molecule has 29 heavy (non-hydrogen) atoms. The van der Waals surface area contributed by atoms with Gasteiger partial charge in [-0.1, -0.05) is 23.7 Å². The standard InChI is InChI=1S/C20H16ClF2N3O3/c1-9-14(24)8-25(9)18-13(23)6-10-17(16(18)21)26(7-11(19(10)27)20(28)29)15-5-3-2-4-12(15)22/h2-7,9,14H,8,24H2,1H3,(H,28,29)/t9-,14+/m0/s1. The van der Waals surface area contributed by atoms with Gasteiger partial charge in [0.2, 0.25) is 5.43 Å². The molecule has 3 aromatic rings. The molecule has 0 radical (unpaired) electrons. The average Bonchev–Trinajstić information content (AvgIpc) is 2.68. The van der Waals surface area contributed by atoms with Crippen molar-refractivity contribution in [1.82, 2.24) is 4.57 Å². The molecular weight excluding hydrogens is 404 g/mol. The number of halogens is 3. The first kappa shape index (κ1) is 19.4. The van der Waals surface area contributed by atoms with Crippen LogP contribution in [0.25, 0.3) is 16.6 Å². The fraction of sp³-hybridized carbons (Fsp3) is 0.200. The molecule has 2 aromatic carbocycles. The van der Waals surface area contributed by atoms with Crippen molar-refractivity contribution >= 4 is 34.2 Å². The van der Waals surface area contributed by atoms with Gasteiger partial charge in [-0.3, -0.25) is 4.79 Å². The van der Waals surface area contributed by atoms with E-state index in [0.717, 1.165) is 12.3 Å².